The van der Waals surface area contributed by atoms with Gasteiger partial charge in [-0.1, -0.05) is 25.6 Å². The van der Waals surface area contributed by atoms with Crippen LogP contribution in [0.5, 0.6) is 0 Å². The molecule has 0 saturated carbocycles. The van der Waals surface area contributed by atoms with E-state index in [1.165, 1.54) is 18.2 Å². The standard InChI is InChI=1S/C9H16N2S/c1-8(2)3-4-11-5-6-12-9(10)7-11/h5-6,8,10H,3-4,7H2,1-2H3. The SMILES string of the molecule is CC(C)CCN1C=CSC(=N)C1. The van der Waals surface area contributed by atoms with Crippen molar-refractivity contribution in [1.29, 1.82) is 5.41 Å². The summed E-state index contributed by atoms with van der Waals surface area (Å²) in [5.74, 6) is 0.752. The third-order valence-corrected chi connectivity index (χ3v) is 2.49. The van der Waals surface area contributed by atoms with E-state index in [4.69, 9.17) is 5.41 Å². The van der Waals surface area contributed by atoms with Crippen molar-refractivity contribution >= 4 is 16.8 Å². The van der Waals surface area contributed by atoms with Crippen LogP contribution in [0.4, 0.5) is 0 Å². The maximum Gasteiger partial charge on any atom is 0.0877 e. The maximum absolute atomic E-state index is 7.47. The number of rotatable bonds is 3. The number of thioether (sulfide) groups is 1. The molecular formula is C9H16N2S. The van der Waals surface area contributed by atoms with Crippen LogP contribution in [0.15, 0.2) is 11.6 Å². The molecule has 1 aliphatic rings. The fraction of sp³-hybridized carbons (Fsp3) is 0.667. The van der Waals surface area contributed by atoms with Crippen LogP contribution in [0.2, 0.25) is 0 Å². The summed E-state index contributed by atoms with van der Waals surface area (Å²) in [6.45, 7) is 6.34. The summed E-state index contributed by atoms with van der Waals surface area (Å²) < 4.78 is 0. The van der Waals surface area contributed by atoms with Crippen LogP contribution in [0.3, 0.4) is 0 Å². The highest BCUT2D eigenvalue weighted by Gasteiger charge is 2.08. The molecule has 0 bridgehead atoms. The Bertz CT molecular complexity index is 187. The summed E-state index contributed by atoms with van der Waals surface area (Å²) in [6, 6.07) is 0. The summed E-state index contributed by atoms with van der Waals surface area (Å²) >= 11 is 1.52. The topological polar surface area (TPSA) is 27.1 Å². The van der Waals surface area contributed by atoms with Gasteiger partial charge in [0.1, 0.15) is 0 Å². The van der Waals surface area contributed by atoms with Crippen molar-refractivity contribution in [2.45, 2.75) is 20.3 Å². The van der Waals surface area contributed by atoms with E-state index >= 15 is 0 Å². The first kappa shape index (κ1) is 9.65. The average Bonchev–Trinajstić information content (AvgIpc) is 2.01. The van der Waals surface area contributed by atoms with E-state index in [9.17, 15) is 0 Å². The van der Waals surface area contributed by atoms with E-state index in [1.54, 1.807) is 0 Å². The molecule has 0 aromatic carbocycles. The molecule has 0 amide bonds. The van der Waals surface area contributed by atoms with Crippen molar-refractivity contribution in [2.24, 2.45) is 5.92 Å². The van der Waals surface area contributed by atoms with Gasteiger partial charge in [-0.05, 0) is 17.7 Å². The van der Waals surface area contributed by atoms with Gasteiger partial charge in [-0.15, -0.1) is 0 Å². The largest absolute Gasteiger partial charge is 0.370 e. The number of nitrogens with one attached hydrogen (secondary N) is 1. The van der Waals surface area contributed by atoms with Gasteiger partial charge in [0.05, 0.1) is 11.6 Å². The monoisotopic (exact) mass is 184 g/mol. The predicted octanol–water partition coefficient (Wildman–Crippen LogP) is 2.53. The van der Waals surface area contributed by atoms with Gasteiger partial charge in [-0.2, -0.15) is 0 Å². The minimum Gasteiger partial charge on any atom is -0.370 e. The lowest BCUT2D eigenvalue weighted by atomic mass is 10.1. The third kappa shape index (κ3) is 3.30. The highest BCUT2D eigenvalue weighted by molar-refractivity contribution is 8.16. The van der Waals surface area contributed by atoms with Crippen LogP contribution >= 0.6 is 11.8 Å². The second-order valence-electron chi connectivity index (χ2n) is 3.48. The number of hydrogen-bond acceptors (Lipinski definition) is 3. The van der Waals surface area contributed by atoms with Crippen LogP contribution in [-0.2, 0) is 0 Å². The van der Waals surface area contributed by atoms with Gasteiger partial charge in [0, 0.05) is 12.7 Å². The Hall–Kier alpha value is -0.440. The predicted molar refractivity (Wildman–Crippen MR) is 55.5 cm³/mol. The highest BCUT2D eigenvalue weighted by Crippen LogP contribution is 2.14. The van der Waals surface area contributed by atoms with Gasteiger partial charge >= 0.3 is 0 Å². The molecule has 1 heterocycles. The van der Waals surface area contributed by atoms with Gasteiger partial charge in [0.25, 0.3) is 0 Å². The smallest absolute Gasteiger partial charge is 0.0877 e. The molecule has 0 aromatic rings. The average molecular weight is 184 g/mol. The Labute approximate surface area is 78.5 Å². The van der Waals surface area contributed by atoms with Crippen LogP contribution in [-0.4, -0.2) is 23.0 Å². The lowest BCUT2D eigenvalue weighted by molar-refractivity contribution is 0.384. The zero-order valence-corrected chi connectivity index (χ0v) is 8.53. The van der Waals surface area contributed by atoms with E-state index in [1.807, 2.05) is 5.41 Å². The Morgan fingerprint density at radius 3 is 3.00 bits per heavy atom. The van der Waals surface area contributed by atoms with E-state index in [2.05, 4.69) is 24.9 Å². The van der Waals surface area contributed by atoms with Crippen molar-refractivity contribution in [3.8, 4) is 0 Å². The Kier molecular flexibility index (Phi) is 3.66. The fourth-order valence-electron chi connectivity index (χ4n) is 1.05. The first-order chi connectivity index (χ1) is 5.68. The molecule has 2 nitrogen and oxygen atoms in total. The van der Waals surface area contributed by atoms with Crippen molar-refractivity contribution < 1.29 is 0 Å². The van der Waals surface area contributed by atoms with Crippen LogP contribution < -0.4 is 0 Å². The van der Waals surface area contributed by atoms with Gasteiger partial charge < -0.3 is 4.90 Å². The molecule has 68 valence electrons. The van der Waals surface area contributed by atoms with Gasteiger partial charge in [0.2, 0.25) is 0 Å². The Morgan fingerprint density at radius 2 is 2.42 bits per heavy atom. The number of nitrogens with zero attached hydrogens (tertiary/aromatic N) is 1. The highest BCUT2D eigenvalue weighted by atomic mass is 32.2. The van der Waals surface area contributed by atoms with Crippen molar-refractivity contribution in [2.75, 3.05) is 13.1 Å². The molecule has 12 heavy (non-hydrogen) atoms. The zero-order valence-electron chi connectivity index (χ0n) is 7.71. The molecule has 0 aromatic heterocycles. The van der Waals surface area contributed by atoms with E-state index in [-0.39, 0.29) is 0 Å². The van der Waals surface area contributed by atoms with Crippen molar-refractivity contribution in [1.82, 2.24) is 4.90 Å². The minimum atomic E-state index is 0.751. The van der Waals surface area contributed by atoms with Crippen LogP contribution in [0.1, 0.15) is 20.3 Å². The molecule has 0 aliphatic carbocycles. The molecule has 0 radical (unpaired) electrons. The molecule has 0 fully saturated rings. The summed E-state index contributed by atoms with van der Waals surface area (Å²) in [5.41, 5.74) is 0. The summed E-state index contributed by atoms with van der Waals surface area (Å²) in [6.07, 6.45) is 3.30. The lowest BCUT2D eigenvalue weighted by Gasteiger charge is -2.23. The van der Waals surface area contributed by atoms with E-state index in [0.29, 0.717) is 0 Å². The van der Waals surface area contributed by atoms with Crippen LogP contribution in [0.25, 0.3) is 0 Å². The first-order valence-electron chi connectivity index (χ1n) is 4.33. The molecule has 1 aliphatic heterocycles. The zero-order chi connectivity index (χ0) is 8.97. The van der Waals surface area contributed by atoms with Crippen molar-refractivity contribution in [3.63, 3.8) is 0 Å². The minimum absolute atomic E-state index is 0.751. The van der Waals surface area contributed by atoms with Gasteiger partial charge in [0.15, 0.2) is 0 Å². The van der Waals surface area contributed by atoms with E-state index < -0.39 is 0 Å². The molecule has 0 atom stereocenters. The maximum atomic E-state index is 7.47. The normalized spacial score (nSPS) is 17.6. The Balaban J connectivity index is 2.28. The summed E-state index contributed by atoms with van der Waals surface area (Å²) in [4.78, 5) is 2.21. The Morgan fingerprint density at radius 1 is 1.67 bits per heavy atom. The molecule has 0 unspecified atom stereocenters. The summed E-state index contributed by atoms with van der Waals surface area (Å²) in [5, 5.41) is 10.2. The molecule has 3 heteroatoms. The first-order valence-corrected chi connectivity index (χ1v) is 5.21. The van der Waals surface area contributed by atoms with Gasteiger partial charge in [-0.3, -0.25) is 5.41 Å². The third-order valence-electron chi connectivity index (χ3n) is 1.82. The quantitative estimate of drug-likeness (QED) is 0.729. The van der Waals surface area contributed by atoms with Crippen LogP contribution in [0, 0.1) is 11.3 Å². The van der Waals surface area contributed by atoms with E-state index in [0.717, 1.165) is 24.1 Å². The molecular weight excluding hydrogens is 168 g/mol. The van der Waals surface area contributed by atoms with Crippen molar-refractivity contribution in [3.05, 3.63) is 11.6 Å². The number of hydrogen-bond donors (Lipinski definition) is 1. The molecule has 0 saturated heterocycles. The van der Waals surface area contributed by atoms with Gasteiger partial charge in [-0.25, -0.2) is 0 Å². The molecule has 0 spiro atoms. The molecule has 1 rings (SSSR count). The lowest BCUT2D eigenvalue weighted by Crippen LogP contribution is -2.26. The second kappa shape index (κ2) is 4.55. The summed E-state index contributed by atoms with van der Waals surface area (Å²) in [7, 11) is 0. The molecule has 1 N–H and O–H groups in total. The second-order valence-corrected chi connectivity index (χ2v) is 4.48. The fourth-order valence-corrected chi connectivity index (χ4v) is 1.69.